The minimum atomic E-state index is -0.784. The Morgan fingerprint density at radius 3 is 2.46 bits per heavy atom. The van der Waals surface area contributed by atoms with Crippen molar-refractivity contribution >= 4 is 11.6 Å². The molecule has 134 valence electrons. The monoisotopic (exact) mass is 333 g/mol. The third-order valence-corrected chi connectivity index (χ3v) is 4.91. The molecule has 1 N–H and O–H groups in total. The number of rotatable bonds is 9. The van der Waals surface area contributed by atoms with Gasteiger partial charge in [0.2, 0.25) is 0 Å². The Morgan fingerprint density at radius 1 is 1.21 bits per heavy atom. The molecule has 0 unspecified atom stereocenters. The van der Waals surface area contributed by atoms with E-state index in [9.17, 15) is 4.79 Å². The summed E-state index contributed by atoms with van der Waals surface area (Å²) in [7, 11) is 1.60. The molecule has 1 fully saturated rings. The first-order valence-corrected chi connectivity index (χ1v) is 9.20. The zero-order valence-electron chi connectivity index (χ0n) is 15.3. The molecule has 4 heteroatoms. The first-order chi connectivity index (χ1) is 11.6. The van der Waals surface area contributed by atoms with Gasteiger partial charge < -0.3 is 14.8 Å². The number of carbonyl (C=O) groups is 1. The summed E-state index contributed by atoms with van der Waals surface area (Å²) in [6, 6.07) is 7.64. The van der Waals surface area contributed by atoms with Gasteiger partial charge in [-0.25, -0.2) is 0 Å². The van der Waals surface area contributed by atoms with E-state index in [1.807, 2.05) is 31.2 Å². The van der Waals surface area contributed by atoms with Crippen LogP contribution in [0.5, 0.6) is 5.75 Å². The molecule has 1 aliphatic carbocycles. The van der Waals surface area contributed by atoms with Gasteiger partial charge in [-0.1, -0.05) is 26.2 Å². The average Bonchev–Trinajstić information content (AvgIpc) is 3.09. The Balaban J connectivity index is 1.89. The highest BCUT2D eigenvalue weighted by Crippen LogP contribution is 2.26. The molecule has 1 aromatic rings. The zero-order chi connectivity index (χ0) is 17.4. The predicted octanol–water partition coefficient (Wildman–Crippen LogP) is 4.93. The molecular formula is C20H31NO3. The van der Waals surface area contributed by atoms with Crippen molar-refractivity contribution < 1.29 is 14.3 Å². The molecule has 0 radical (unpaired) electrons. The van der Waals surface area contributed by atoms with Crippen LogP contribution in [0.15, 0.2) is 24.3 Å². The second-order valence-electron chi connectivity index (χ2n) is 6.89. The Labute approximate surface area is 145 Å². The third-order valence-electron chi connectivity index (χ3n) is 4.91. The van der Waals surface area contributed by atoms with Crippen molar-refractivity contribution in [3.63, 3.8) is 0 Å². The van der Waals surface area contributed by atoms with Gasteiger partial charge in [0.1, 0.15) is 11.4 Å². The minimum Gasteiger partial charge on any atom is -0.490 e. The Hall–Kier alpha value is -1.55. The standard InChI is InChI=1S/C20H31NO3/c1-4-5-8-15-20(2,23-3)19(22)21-16-11-13-18(14-12-16)24-17-9-6-7-10-17/h11-14,17H,4-10,15H2,1-3H3,(H,21,22)/t20-/m1/s1. The molecule has 0 saturated heterocycles. The summed E-state index contributed by atoms with van der Waals surface area (Å²) in [4.78, 5) is 12.6. The topological polar surface area (TPSA) is 47.6 Å². The molecular weight excluding hydrogens is 302 g/mol. The predicted molar refractivity (Wildman–Crippen MR) is 97.5 cm³/mol. The molecule has 1 aliphatic rings. The third kappa shape index (κ3) is 5.23. The van der Waals surface area contributed by atoms with Crippen molar-refractivity contribution in [3.8, 4) is 5.75 Å². The summed E-state index contributed by atoms with van der Waals surface area (Å²) in [5.74, 6) is 0.780. The van der Waals surface area contributed by atoms with Crippen LogP contribution in [0.3, 0.4) is 0 Å². The van der Waals surface area contributed by atoms with Crippen molar-refractivity contribution in [2.45, 2.75) is 76.9 Å². The van der Waals surface area contributed by atoms with Crippen LogP contribution in [-0.2, 0) is 9.53 Å². The molecule has 2 rings (SSSR count). The Morgan fingerprint density at radius 2 is 1.88 bits per heavy atom. The molecule has 0 aromatic heterocycles. The van der Waals surface area contributed by atoms with Gasteiger partial charge >= 0.3 is 0 Å². The molecule has 1 atom stereocenters. The van der Waals surface area contributed by atoms with Gasteiger partial charge in [0.05, 0.1) is 6.10 Å². The van der Waals surface area contributed by atoms with Gasteiger partial charge in [0, 0.05) is 12.8 Å². The molecule has 0 bridgehead atoms. The van der Waals surface area contributed by atoms with Crippen LogP contribution >= 0.6 is 0 Å². The van der Waals surface area contributed by atoms with Crippen molar-refractivity contribution in [2.24, 2.45) is 0 Å². The second kappa shape index (κ2) is 9.07. The lowest BCUT2D eigenvalue weighted by molar-refractivity contribution is -0.136. The van der Waals surface area contributed by atoms with Crippen LogP contribution in [-0.4, -0.2) is 24.7 Å². The number of benzene rings is 1. The van der Waals surface area contributed by atoms with Crippen LogP contribution in [0.2, 0.25) is 0 Å². The van der Waals surface area contributed by atoms with Crippen LogP contribution in [0, 0.1) is 0 Å². The van der Waals surface area contributed by atoms with E-state index in [2.05, 4.69) is 12.2 Å². The first kappa shape index (κ1) is 18.8. The van der Waals surface area contributed by atoms with E-state index in [1.54, 1.807) is 7.11 Å². The van der Waals surface area contributed by atoms with Crippen LogP contribution < -0.4 is 10.1 Å². The van der Waals surface area contributed by atoms with Crippen molar-refractivity contribution in [1.82, 2.24) is 0 Å². The van der Waals surface area contributed by atoms with Gasteiger partial charge in [-0.2, -0.15) is 0 Å². The second-order valence-corrected chi connectivity index (χ2v) is 6.89. The van der Waals surface area contributed by atoms with Gasteiger partial charge in [0.25, 0.3) is 5.91 Å². The first-order valence-electron chi connectivity index (χ1n) is 9.20. The Bertz CT molecular complexity index is 508. The molecule has 0 heterocycles. The zero-order valence-corrected chi connectivity index (χ0v) is 15.3. The lowest BCUT2D eigenvalue weighted by Crippen LogP contribution is -2.41. The molecule has 1 amide bonds. The van der Waals surface area contributed by atoms with Crippen LogP contribution in [0.4, 0.5) is 5.69 Å². The number of hydrogen-bond acceptors (Lipinski definition) is 3. The van der Waals surface area contributed by atoms with E-state index in [0.29, 0.717) is 6.10 Å². The number of hydrogen-bond donors (Lipinski definition) is 1. The number of methoxy groups -OCH3 is 1. The summed E-state index contributed by atoms with van der Waals surface area (Å²) in [5.41, 5.74) is -0.00804. The van der Waals surface area contributed by atoms with Gasteiger partial charge in [0.15, 0.2) is 0 Å². The van der Waals surface area contributed by atoms with E-state index in [0.717, 1.165) is 50.0 Å². The fourth-order valence-corrected chi connectivity index (χ4v) is 3.10. The number of unbranched alkanes of at least 4 members (excludes halogenated alkanes) is 2. The summed E-state index contributed by atoms with van der Waals surface area (Å²) in [6.07, 6.45) is 9.10. The lowest BCUT2D eigenvalue weighted by atomic mass is 9.97. The van der Waals surface area contributed by atoms with E-state index in [-0.39, 0.29) is 5.91 Å². The molecule has 0 spiro atoms. The van der Waals surface area contributed by atoms with Crippen LogP contribution in [0.25, 0.3) is 0 Å². The maximum absolute atomic E-state index is 12.6. The normalized spacial score (nSPS) is 17.5. The maximum atomic E-state index is 12.6. The van der Waals surface area contributed by atoms with Gasteiger partial charge in [-0.15, -0.1) is 0 Å². The summed E-state index contributed by atoms with van der Waals surface area (Å²) >= 11 is 0. The van der Waals surface area contributed by atoms with Crippen molar-refractivity contribution in [1.29, 1.82) is 0 Å². The van der Waals surface area contributed by atoms with E-state index in [1.165, 1.54) is 12.8 Å². The number of carbonyl (C=O) groups excluding carboxylic acids is 1. The summed E-state index contributed by atoms with van der Waals surface area (Å²) < 4.78 is 11.4. The highest BCUT2D eigenvalue weighted by atomic mass is 16.5. The quantitative estimate of drug-likeness (QED) is 0.652. The highest BCUT2D eigenvalue weighted by molar-refractivity contribution is 5.97. The minimum absolute atomic E-state index is 0.0921. The molecule has 4 nitrogen and oxygen atoms in total. The summed E-state index contributed by atoms with van der Waals surface area (Å²) in [5, 5.41) is 2.96. The molecule has 0 aliphatic heterocycles. The fourth-order valence-electron chi connectivity index (χ4n) is 3.10. The van der Waals surface area contributed by atoms with E-state index < -0.39 is 5.60 Å². The number of nitrogens with one attached hydrogen (secondary N) is 1. The van der Waals surface area contributed by atoms with Crippen LogP contribution in [0.1, 0.15) is 65.2 Å². The average molecular weight is 333 g/mol. The van der Waals surface area contributed by atoms with Gasteiger partial charge in [-0.3, -0.25) is 4.79 Å². The largest absolute Gasteiger partial charge is 0.490 e. The van der Waals surface area contributed by atoms with E-state index >= 15 is 0 Å². The number of amides is 1. The SMILES string of the molecule is CCCCC[C@@](C)(OC)C(=O)Nc1ccc(OC2CCCC2)cc1. The molecule has 24 heavy (non-hydrogen) atoms. The maximum Gasteiger partial charge on any atom is 0.256 e. The highest BCUT2D eigenvalue weighted by Gasteiger charge is 2.32. The van der Waals surface area contributed by atoms with Crippen molar-refractivity contribution in [3.05, 3.63) is 24.3 Å². The van der Waals surface area contributed by atoms with Gasteiger partial charge in [-0.05, 0) is 63.3 Å². The van der Waals surface area contributed by atoms with E-state index in [4.69, 9.17) is 9.47 Å². The fraction of sp³-hybridized carbons (Fsp3) is 0.650. The lowest BCUT2D eigenvalue weighted by Gasteiger charge is -2.27. The smallest absolute Gasteiger partial charge is 0.256 e. The number of ether oxygens (including phenoxy) is 2. The Kier molecular flexibility index (Phi) is 7.10. The molecule has 1 saturated carbocycles. The summed E-state index contributed by atoms with van der Waals surface area (Å²) in [6.45, 7) is 4.01. The number of anilines is 1. The van der Waals surface area contributed by atoms with Crippen molar-refractivity contribution in [2.75, 3.05) is 12.4 Å². The molecule has 1 aromatic carbocycles.